The minimum absolute atomic E-state index is 0.0423. The third-order valence-corrected chi connectivity index (χ3v) is 5.83. The first-order chi connectivity index (χ1) is 12.7. The molecule has 2 aromatic heterocycles. The van der Waals surface area contributed by atoms with Crippen molar-refractivity contribution in [3.8, 4) is 0 Å². The van der Waals surface area contributed by atoms with Crippen molar-refractivity contribution in [3.63, 3.8) is 0 Å². The van der Waals surface area contributed by atoms with E-state index in [-0.39, 0.29) is 12.5 Å². The Bertz CT molecular complexity index is 863. The number of hydrogen-bond donors (Lipinski definition) is 1. The molecule has 1 atom stereocenters. The molecule has 3 heterocycles. The first kappa shape index (κ1) is 17.2. The number of para-hydroxylation sites is 1. The van der Waals surface area contributed by atoms with Crippen molar-refractivity contribution in [3.05, 3.63) is 47.2 Å². The average Bonchev–Trinajstić information content (AvgIpc) is 3.28. The molecule has 6 nitrogen and oxygen atoms in total. The van der Waals surface area contributed by atoms with Crippen molar-refractivity contribution >= 4 is 27.5 Å². The lowest BCUT2D eigenvalue weighted by molar-refractivity contribution is -0.131. The fraction of sp³-hybridized carbons (Fsp3) is 0.421. The number of rotatable bonds is 5. The van der Waals surface area contributed by atoms with Crippen LogP contribution in [0.2, 0.25) is 0 Å². The van der Waals surface area contributed by atoms with Crippen LogP contribution in [0, 0.1) is 0 Å². The average molecular weight is 369 g/mol. The summed E-state index contributed by atoms with van der Waals surface area (Å²) in [6.45, 7) is 2.86. The van der Waals surface area contributed by atoms with Gasteiger partial charge in [0.25, 0.3) is 0 Å². The van der Waals surface area contributed by atoms with E-state index in [0.717, 1.165) is 40.4 Å². The van der Waals surface area contributed by atoms with Gasteiger partial charge in [-0.2, -0.15) is 5.10 Å². The van der Waals surface area contributed by atoms with E-state index in [0.29, 0.717) is 12.5 Å². The maximum absolute atomic E-state index is 12.5. The summed E-state index contributed by atoms with van der Waals surface area (Å²) < 4.78 is 2.90. The van der Waals surface area contributed by atoms with Crippen LogP contribution in [0.15, 0.2) is 36.5 Å². The zero-order valence-electron chi connectivity index (χ0n) is 14.9. The van der Waals surface area contributed by atoms with Crippen LogP contribution in [0.5, 0.6) is 0 Å². The molecule has 1 amide bonds. The number of fused-ring (bicyclic) bond motifs is 1. The van der Waals surface area contributed by atoms with E-state index in [1.807, 2.05) is 37.5 Å². The smallest absolute Gasteiger partial charge is 0.244 e. The van der Waals surface area contributed by atoms with E-state index in [1.165, 1.54) is 6.42 Å². The third-order valence-electron chi connectivity index (χ3n) is 4.81. The van der Waals surface area contributed by atoms with Crippen molar-refractivity contribution in [2.24, 2.45) is 0 Å². The van der Waals surface area contributed by atoms with Crippen LogP contribution >= 0.6 is 11.3 Å². The normalized spacial score (nSPS) is 17.5. The van der Waals surface area contributed by atoms with Crippen LogP contribution in [-0.2, 0) is 17.9 Å². The Kier molecular flexibility index (Phi) is 4.99. The molecule has 1 N–H and O–H groups in total. The minimum atomic E-state index is 0.0423. The molecule has 136 valence electrons. The van der Waals surface area contributed by atoms with Gasteiger partial charge in [-0.15, -0.1) is 11.3 Å². The fourth-order valence-corrected chi connectivity index (χ4v) is 4.35. The van der Waals surface area contributed by atoms with Gasteiger partial charge in [0.05, 0.1) is 22.5 Å². The summed E-state index contributed by atoms with van der Waals surface area (Å²) in [4.78, 5) is 18.9. The van der Waals surface area contributed by atoms with E-state index >= 15 is 0 Å². The molecule has 0 aliphatic carbocycles. The first-order valence-electron chi connectivity index (χ1n) is 9.01. The number of likely N-dealkylation sites (N-methyl/N-ethyl adjacent to an activating group) is 1. The quantitative estimate of drug-likeness (QED) is 0.751. The van der Waals surface area contributed by atoms with Crippen molar-refractivity contribution in [2.75, 3.05) is 20.1 Å². The molecule has 1 aromatic carbocycles. The highest BCUT2D eigenvalue weighted by molar-refractivity contribution is 7.18. The molecule has 1 unspecified atom stereocenters. The van der Waals surface area contributed by atoms with Gasteiger partial charge in [-0.3, -0.25) is 9.48 Å². The van der Waals surface area contributed by atoms with Gasteiger partial charge in [0, 0.05) is 25.7 Å². The summed E-state index contributed by atoms with van der Waals surface area (Å²) in [6.07, 6.45) is 4.25. The Labute approximate surface area is 156 Å². The van der Waals surface area contributed by atoms with Gasteiger partial charge >= 0.3 is 0 Å². The molecule has 0 saturated carbocycles. The molecule has 0 spiro atoms. The van der Waals surface area contributed by atoms with E-state index in [1.54, 1.807) is 20.9 Å². The predicted molar refractivity (Wildman–Crippen MR) is 103 cm³/mol. The number of amides is 1. The predicted octanol–water partition coefficient (Wildman–Crippen LogP) is 2.62. The Morgan fingerprint density at radius 3 is 3.08 bits per heavy atom. The lowest BCUT2D eigenvalue weighted by atomic mass is 9.97. The highest BCUT2D eigenvalue weighted by Crippen LogP contribution is 2.23. The molecule has 1 aliphatic heterocycles. The second-order valence-corrected chi connectivity index (χ2v) is 7.92. The largest absolute Gasteiger partial charge is 0.337 e. The zero-order valence-corrected chi connectivity index (χ0v) is 15.7. The van der Waals surface area contributed by atoms with Gasteiger partial charge in [0.15, 0.2) is 0 Å². The van der Waals surface area contributed by atoms with Gasteiger partial charge in [0.2, 0.25) is 5.91 Å². The van der Waals surface area contributed by atoms with Crippen LogP contribution in [0.25, 0.3) is 10.2 Å². The lowest BCUT2D eigenvalue weighted by Crippen LogP contribution is -2.30. The zero-order chi connectivity index (χ0) is 17.9. The number of aromatic nitrogens is 3. The second kappa shape index (κ2) is 7.55. The van der Waals surface area contributed by atoms with E-state index < -0.39 is 0 Å². The van der Waals surface area contributed by atoms with E-state index in [2.05, 4.69) is 21.5 Å². The number of carbonyl (C=O) groups is 1. The van der Waals surface area contributed by atoms with Crippen LogP contribution in [0.4, 0.5) is 0 Å². The molecule has 0 bridgehead atoms. The highest BCUT2D eigenvalue weighted by Gasteiger charge is 2.19. The third kappa shape index (κ3) is 3.78. The Hall–Kier alpha value is -2.25. The summed E-state index contributed by atoms with van der Waals surface area (Å²) in [5.74, 6) is 0.501. The summed E-state index contributed by atoms with van der Waals surface area (Å²) in [6, 6.07) is 10.1. The van der Waals surface area contributed by atoms with Crippen LogP contribution in [0.3, 0.4) is 0 Å². The Morgan fingerprint density at radius 2 is 2.27 bits per heavy atom. The molecule has 3 aromatic rings. The van der Waals surface area contributed by atoms with Gasteiger partial charge in [0.1, 0.15) is 11.6 Å². The van der Waals surface area contributed by atoms with Gasteiger partial charge in [-0.1, -0.05) is 12.1 Å². The number of hydrogen-bond acceptors (Lipinski definition) is 5. The molecule has 1 aliphatic rings. The van der Waals surface area contributed by atoms with E-state index in [4.69, 9.17) is 0 Å². The Balaban J connectivity index is 1.37. The molecule has 1 saturated heterocycles. The lowest BCUT2D eigenvalue weighted by Gasteiger charge is -2.20. The molecule has 1 fully saturated rings. The SMILES string of the molecule is CN(Cc1nc2ccccc2s1)C(=O)Cn1ccc(C2CCCNC2)n1. The maximum Gasteiger partial charge on any atom is 0.244 e. The molecule has 7 heteroatoms. The fourth-order valence-electron chi connectivity index (χ4n) is 3.33. The van der Waals surface area contributed by atoms with Crippen molar-refractivity contribution < 1.29 is 4.79 Å². The number of benzene rings is 1. The summed E-state index contributed by atoms with van der Waals surface area (Å²) in [5, 5.41) is 8.98. The highest BCUT2D eigenvalue weighted by atomic mass is 32.1. The van der Waals surface area contributed by atoms with Crippen LogP contribution in [-0.4, -0.2) is 45.7 Å². The number of thiazole rings is 1. The van der Waals surface area contributed by atoms with Crippen LogP contribution < -0.4 is 5.32 Å². The van der Waals surface area contributed by atoms with Crippen molar-refractivity contribution in [1.82, 2.24) is 25.0 Å². The second-order valence-electron chi connectivity index (χ2n) is 6.81. The molecular formula is C19H23N5OS. The Morgan fingerprint density at radius 1 is 1.38 bits per heavy atom. The van der Waals surface area contributed by atoms with Gasteiger partial charge < -0.3 is 10.2 Å². The number of nitrogens with zero attached hydrogens (tertiary/aromatic N) is 4. The number of piperidine rings is 1. The van der Waals surface area contributed by atoms with Gasteiger partial charge in [-0.25, -0.2) is 4.98 Å². The molecule has 4 rings (SSSR count). The molecule has 26 heavy (non-hydrogen) atoms. The monoisotopic (exact) mass is 369 g/mol. The first-order valence-corrected chi connectivity index (χ1v) is 9.83. The number of nitrogens with one attached hydrogen (secondary N) is 1. The van der Waals surface area contributed by atoms with Crippen LogP contribution in [0.1, 0.15) is 29.5 Å². The maximum atomic E-state index is 12.5. The van der Waals surface area contributed by atoms with E-state index in [9.17, 15) is 4.79 Å². The van der Waals surface area contributed by atoms with Gasteiger partial charge in [-0.05, 0) is 37.6 Å². The topological polar surface area (TPSA) is 63.1 Å². The summed E-state index contributed by atoms with van der Waals surface area (Å²) in [5.41, 5.74) is 2.07. The standard InChI is InChI=1S/C19H23N5OS/c1-23(12-18-21-16-6-2-3-7-17(16)26-18)19(25)13-24-10-8-15(22-24)14-5-4-9-20-11-14/h2-3,6-8,10,14,20H,4-5,9,11-13H2,1H3. The molecular weight excluding hydrogens is 346 g/mol. The van der Waals surface area contributed by atoms with Crippen molar-refractivity contribution in [1.29, 1.82) is 0 Å². The summed E-state index contributed by atoms with van der Waals surface area (Å²) in [7, 11) is 1.82. The summed E-state index contributed by atoms with van der Waals surface area (Å²) >= 11 is 1.64. The minimum Gasteiger partial charge on any atom is -0.337 e. The van der Waals surface area contributed by atoms with Crippen molar-refractivity contribution in [2.45, 2.75) is 31.8 Å². The molecule has 0 radical (unpaired) electrons. The number of carbonyl (C=O) groups excluding carboxylic acids is 1.